The van der Waals surface area contributed by atoms with Crippen molar-refractivity contribution in [2.75, 3.05) is 0 Å². The first-order valence-electron chi connectivity index (χ1n) is 8.27. The Morgan fingerprint density at radius 2 is 1.70 bits per heavy atom. The third-order valence-corrected chi connectivity index (χ3v) is 4.37. The number of fused-ring (bicyclic) bond motifs is 2. The van der Waals surface area contributed by atoms with E-state index in [0.29, 0.717) is 11.3 Å². The molecule has 0 amide bonds. The standard InChI is InChI=1S/C20H12N4O3/c25-19-16-18(27-17(22-16)12-6-2-1-3-7-12)23-20(26)24(19)15-11-21-10-13-8-4-5-9-14(13)15/h1-11H,(H,23,26). The highest BCUT2D eigenvalue weighted by Crippen LogP contribution is 2.22. The Hall–Kier alpha value is -4.00. The van der Waals surface area contributed by atoms with E-state index >= 15 is 0 Å². The summed E-state index contributed by atoms with van der Waals surface area (Å²) in [5, 5.41) is 1.57. The molecule has 5 aromatic rings. The molecule has 0 bridgehead atoms. The highest BCUT2D eigenvalue weighted by molar-refractivity contribution is 5.89. The molecule has 5 rings (SSSR count). The van der Waals surface area contributed by atoms with Gasteiger partial charge in [0.05, 0.1) is 11.9 Å². The van der Waals surface area contributed by atoms with Crippen molar-refractivity contribution in [2.45, 2.75) is 0 Å². The van der Waals surface area contributed by atoms with Crippen LogP contribution >= 0.6 is 0 Å². The molecule has 1 N–H and O–H groups in total. The third-order valence-electron chi connectivity index (χ3n) is 4.37. The zero-order valence-corrected chi connectivity index (χ0v) is 13.9. The Morgan fingerprint density at radius 1 is 0.926 bits per heavy atom. The molecule has 0 spiro atoms. The molecule has 7 nitrogen and oxygen atoms in total. The van der Waals surface area contributed by atoms with E-state index in [2.05, 4.69) is 15.0 Å². The molecule has 0 radical (unpaired) electrons. The maximum absolute atomic E-state index is 13.0. The SMILES string of the molecule is O=c1[nH]c2oc(-c3ccccc3)nc2c(=O)n1-c1cncc2ccccc12. The van der Waals surface area contributed by atoms with E-state index in [-0.39, 0.29) is 17.1 Å². The number of nitrogens with zero attached hydrogens (tertiary/aromatic N) is 3. The van der Waals surface area contributed by atoms with Crippen LogP contribution in [-0.2, 0) is 0 Å². The molecule has 2 aromatic carbocycles. The number of H-pyrrole nitrogens is 1. The van der Waals surface area contributed by atoms with Crippen LogP contribution in [0, 0.1) is 0 Å². The molecule has 0 fully saturated rings. The summed E-state index contributed by atoms with van der Waals surface area (Å²) < 4.78 is 6.64. The lowest BCUT2D eigenvalue weighted by atomic mass is 10.1. The minimum absolute atomic E-state index is 0.0494. The minimum Gasteiger partial charge on any atom is -0.419 e. The van der Waals surface area contributed by atoms with Crippen LogP contribution in [0.1, 0.15) is 0 Å². The Labute approximate surface area is 151 Å². The predicted octanol–water partition coefficient (Wildman–Crippen LogP) is 2.88. The van der Waals surface area contributed by atoms with Gasteiger partial charge in [-0.3, -0.25) is 14.8 Å². The number of aromatic amines is 1. The summed E-state index contributed by atoms with van der Waals surface area (Å²) in [6.07, 6.45) is 3.17. The van der Waals surface area contributed by atoms with E-state index < -0.39 is 11.2 Å². The van der Waals surface area contributed by atoms with E-state index in [9.17, 15) is 9.59 Å². The average molecular weight is 356 g/mol. The summed E-state index contributed by atoms with van der Waals surface area (Å²) in [4.78, 5) is 36.7. The van der Waals surface area contributed by atoms with E-state index in [1.54, 1.807) is 6.20 Å². The second-order valence-electron chi connectivity index (χ2n) is 6.01. The van der Waals surface area contributed by atoms with Gasteiger partial charge in [0.25, 0.3) is 5.56 Å². The van der Waals surface area contributed by atoms with Crippen LogP contribution in [0.2, 0.25) is 0 Å². The van der Waals surface area contributed by atoms with Gasteiger partial charge in [0.15, 0.2) is 5.52 Å². The minimum atomic E-state index is -0.610. The second kappa shape index (κ2) is 5.77. The quantitative estimate of drug-likeness (QED) is 0.525. The smallest absolute Gasteiger partial charge is 0.335 e. The van der Waals surface area contributed by atoms with Crippen LogP contribution in [0.15, 0.2) is 81.0 Å². The molecule has 0 saturated carbocycles. The number of aromatic nitrogens is 4. The number of nitrogens with one attached hydrogen (secondary N) is 1. The van der Waals surface area contributed by atoms with Gasteiger partial charge in [-0.25, -0.2) is 14.3 Å². The van der Waals surface area contributed by atoms with Gasteiger partial charge in [-0.2, -0.15) is 0 Å². The van der Waals surface area contributed by atoms with Gasteiger partial charge >= 0.3 is 5.69 Å². The molecule has 0 saturated heterocycles. The zero-order valence-electron chi connectivity index (χ0n) is 13.9. The lowest BCUT2D eigenvalue weighted by Crippen LogP contribution is -2.33. The fourth-order valence-corrected chi connectivity index (χ4v) is 3.10. The van der Waals surface area contributed by atoms with Gasteiger partial charge in [-0.15, -0.1) is 0 Å². The molecule has 0 aliphatic carbocycles. The lowest BCUT2D eigenvalue weighted by Gasteiger charge is -2.07. The van der Waals surface area contributed by atoms with E-state index in [4.69, 9.17) is 4.42 Å². The number of oxazole rings is 1. The Morgan fingerprint density at radius 3 is 2.56 bits per heavy atom. The molecular formula is C20H12N4O3. The number of rotatable bonds is 2. The molecular weight excluding hydrogens is 344 g/mol. The topological polar surface area (TPSA) is 93.8 Å². The highest BCUT2D eigenvalue weighted by Gasteiger charge is 2.17. The summed E-state index contributed by atoms with van der Waals surface area (Å²) in [5.74, 6) is 0.271. The second-order valence-corrected chi connectivity index (χ2v) is 6.01. The molecule has 27 heavy (non-hydrogen) atoms. The molecule has 0 atom stereocenters. The molecule has 0 unspecified atom stereocenters. The first-order valence-corrected chi connectivity index (χ1v) is 8.27. The van der Waals surface area contributed by atoms with Gasteiger partial charge in [-0.1, -0.05) is 42.5 Å². The van der Waals surface area contributed by atoms with Crippen molar-refractivity contribution in [1.82, 2.24) is 19.5 Å². The molecule has 130 valence electrons. The fourth-order valence-electron chi connectivity index (χ4n) is 3.10. The van der Waals surface area contributed by atoms with Gasteiger partial charge in [0.2, 0.25) is 11.6 Å². The fraction of sp³-hybridized carbons (Fsp3) is 0. The van der Waals surface area contributed by atoms with Crippen molar-refractivity contribution in [1.29, 1.82) is 0 Å². The molecule has 3 heterocycles. The van der Waals surface area contributed by atoms with Gasteiger partial charge in [0, 0.05) is 22.5 Å². The molecule has 3 aromatic heterocycles. The monoisotopic (exact) mass is 356 g/mol. The summed E-state index contributed by atoms with van der Waals surface area (Å²) in [7, 11) is 0. The van der Waals surface area contributed by atoms with Crippen molar-refractivity contribution in [3.63, 3.8) is 0 Å². The zero-order chi connectivity index (χ0) is 18.4. The average Bonchev–Trinajstić information content (AvgIpc) is 3.13. The first kappa shape index (κ1) is 15.3. The number of benzene rings is 2. The van der Waals surface area contributed by atoms with Gasteiger partial charge in [0.1, 0.15) is 0 Å². The predicted molar refractivity (Wildman–Crippen MR) is 101 cm³/mol. The van der Waals surface area contributed by atoms with Crippen molar-refractivity contribution < 1.29 is 4.42 Å². The Bertz CT molecular complexity index is 1410. The van der Waals surface area contributed by atoms with Crippen LogP contribution in [0.5, 0.6) is 0 Å². The van der Waals surface area contributed by atoms with E-state index in [1.807, 2.05) is 54.6 Å². The molecule has 0 aliphatic rings. The highest BCUT2D eigenvalue weighted by atomic mass is 16.4. The Balaban J connectivity index is 1.81. The van der Waals surface area contributed by atoms with Crippen molar-refractivity contribution >= 4 is 22.0 Å². The summed E-state index contributed by atoms with van der Waals surface area (Å²) >= 11 is 0. The summed E-state index contributed by atoms with van der Waals surface area (Å²) in [6.45, 7) is 0. The normalized spacial score (nSPS) is 11.3. The van der Waals surface area contributed by atoms with Gasteiger partial charge in [-0.05, 0) is 12.1 Å². The first-order chi connectivity index (χ1) is 13.2. The maximum atomic E-state index is 13.0. The van der Waals surface area contributed by atoms with Crippen LogP contribution in [0.4, 0.5) is 0 Å². The van der Waals surface area contributed by atoms with Crippen molar-refractivity contribution in [3.8, 4) is 17.1 Å². The molecule has 0 aliphatic heterocycles. The summed E-state index contributed by atoms with van der Waals surface area (Å²) in [6, 6.07) is 16.6. The van der Waals surface area contributed by atoms with Crippen LogP contribution < -0.4 is 11.2 Å². The van der Waals surface area contributed by atoms with Gasteiger partial charge < -0.3 is 4.42 Å². The van der Waals surface area contributed by atoms with Crippen LogP contribution in [0.25, 0.3) is 39.1 Å². The number of hydrogen-bond donors (Lipinski definition) is 1. The largest absolute Gasteiger partial charge is 0.419 e. The third kappa shape index (κ3) is 2.36. The number of pyridine rings is 1. The van der Waals surface area contributed by atoms with E-state index in [1.165, 1.54) is 6.20 Å². The lowest BCUT2D eigenvalue weighted by molar-refractivity contribution is 0.603. The van der Waals surface area contributed by atoms with Crippen LogP contribution in [-0.4, -0.2) is 19.5 Å². The maximum Gasteiger partial charge on any atom is 0.335 e. The Kier molecular flexibility index (Phi) is 3.26. The number of hydrogen-bond acceptors (Lipinski definition) is 5. The van der Waals surface area contributed by atoms with E-state index in [0.717, 1.165) is 15.3 Å². The van der Waals surface area contributed by atoms with Crippen molar-refractivity contribution in [3.05, 3.63) is 87.8 Å². The molecule has 7 heteroatoms. The van der Waals surface area contributed by atoms with Crippen molar-refractivity contribution in [2.24, 2.45) is 0 Å². The van der Waals surface area contributed by atoms with Crippen LogP contribution in [0.3, 0.4) is 0 Å². The summed E-state index contributed by atoms with van der Waals surface area (Å²) in [5.41, 5.74) is 0.0479.